The number of hydrogen-bond donors (Lipinski definition) is 0. The number of hydrogen-bond acceptors (Lipinski definition) is 0. The first-order valence-corrected chi connectivity index (χ1v) is 11.7. The minimum Gasteiger partial charge on any atom is -0.0654 e. The van der Waals surface area contributed by atoms with Crippen LogP contribution in [0.5, 0.6) is 0 Å². The van der Waals surface area contributed by atoms with Gasteiger partial charge >= 0.3 is 0 Å². The van der Waals surface area contributed by atoms with Gasteiger partial charge in [0.25, 0.3) is 0 Å². The van der Waals surface area contributed by atoms with Gasteiger partial charge in [-0.05, 0) is 18.3 Å². The molecule has 0 saturated heterocycles. The zero-order valence-corrected chi connectivity index (χ0v) is 17.9. The number of rotatable bonds is 19. The Labute approximate surface area is 155 Å². The zero-order valence-electron chi connectivity index (χ0n) is 17.9. The average Bonchev–Trinajstić information content (AvgIpc) is 2.59. The molecule has 0 aromatic heterocycles. The molecule has 0 amide bonds. The highest BCUT2D eigenvalue weighted by molar-refractivity contribution is 4.64. The van der Waals surface area contributed by atoms with Crippen LogP contribution in [0.1, 0.15) is 143 Å². The van der Waals surface area contributed by atoms with Crippen molar-refractivity contribution in [1.29, 1.82) is 0 Å². The lowest BCUT2D eigenvalue weighted by Crippen LogP contribution is -2.06. The SMILES string of the molecule is CCCCCCCCCCC(CC)CC(C)CCCCCCCC. The van der Waals surface area contributed by atoms with Gasteiger partial charge in [0.2, 0.25) is 0 Å². The molecule has 0 radical (unpaired) electrons. The average molecular weight is 339 g/mol. The Morgan fingerprint density at radius 3 is 1.38 bits per heavy atom. The second-order valence-corrected chi connectivity index (χ2v) is 8.44. The highest BCUT2D eigenvalue weighted by Gasteiger charge is 2.11. The van der Waals surface area contributed by atoms with E-state index in [1.165, 1.54) is 116 Å². The third-order valence-corrected chi connectivity index (χ3v) is 5.83. The minimum absolute atomic E-state index is 0.954. The first-order chi connectivity index (χ1) is 11.7. The van der Waals surface area contributed by atoms with Crippen LogP contribution in [0.4, 0.5) is 0 Å². The first-order valence-electron chi connectivity index (χ1n) is 11.7. The maximum Gasteiger partial charge on any atom is -0.0414 e. The Morgan fingerprint density at radius 1 is 0.500 bits per heavy atom. The molecule has 0 saturated carbocycles. The fraction of sp³-hybridized carbons (Fsp3) is 1.00. The smallest absolute Gasteiger partial charge is 0.0414 e. The molecule has 0 bridgehead atoms. The summed E-state index contributed by atoms with van der Waals surface area (Å²) in [5, 5.41) is 0. The van der Waals surface area contributed by atoms with E-state index in [-0.39, 0.29) is 0 Å². The van der Waals surface area contributed by atoms with Crippen molar-refractivity contribution < 1.29 is 0 Å². The Hall–Kier alpha value is 0. The summed E-state index contributed by atoms with van der Waals surface area (Å²) >= 11 is 0. The van der Waals surface area contributed by atoms with Crippen molar-refractivity contribution in [3.8, 4) is 0 Å². The largest absolute Gasteiger partial charge is 0.0654 e. The van der Waals surface area contributed by atoms with Gasteiger partial charge in [-0.2, -0.15) is 0 Å². The van der Waals surface area contributed by atoms with E-state index in [2.05, 4.69) is 27.7 Å². The van der Waals surface area contributed by atoms with E-state index in [0.717, 1.165) is 11.8 Å². The molecule has 2 atom stereocenters. The zero-order chi connectivity index (χ0) is 17.9. The van der Waals surface area contributed by atoms with Gasteiger partial charge < -0.3 is 0 Å². The normalized spacial score (nSPS) is 14.0. The van der Waals surface area contributed by atoms with E-state index in [4.69, 9.17) is 0 Å². The van der Waals surface area contributed by atoms with Crippen LogP contribution in [0.15, 0.2) is 0 Å². The second kappa shape index (κ2) is 19.3. The Morgan fingerprint density at radius 2 is 0.917 bits per heavy atom. The standard InChI is InChI=1S/C24H50/c1-5-8-10-12-14-15-17-19-21-24(7-3)22-23(4)20-18-16-13-11-9-6-2/h23-24H,5-22H2,1-4H3. The lowest BCUT2D eigenvalue weighted by atomic mass is 9.86. The van der Waals surface area contributed by atoms with E-state index in [0.29, 0.717) is 0 Å². The van der Waals surface area contributed by atoms with Gasteiger partial charge in [0, 0.05) is 0 Å². The van der Waals surface area contributed by atoms with E-state index in [9.17, 15) is 0 Å². The summed E-state index contributed by atoms with van der Waals surface area (Å²) in [4.78, 5) is 0. The van der Waals surface area contributed by atoms with Crippen molar-refractivity contribution in [1.82, 2.24) is 0 Å². The molecule has 0 aromatic rings. The van der Waals surface area contributed by atoms with E-state index in [1.54, 1.807) is 0 Å². The molecule has 0 fully saturated rings. The quantitative estimate of drug-likeness (QED) is 0.206. The van der Waals surface area contributed by atoms with Gasteiger partial charge in [-0.3, -0.25) is 0 Å². The Balaban J connectivity index is 3.49. The highest BCUT2D eigenvalue weighted by atomic mass is 14.2. The van der Waals surface area contributed by atoms with Crippen LogP contribution in [0, 0.1) is 11.8 Å². The van der Waals surface area contributed by atoms with Crippen LogP contribution < -0.4 is 0 Å². The van der Waals surface area contributed by atoms with Gasteiger partial charge in [0.15, 0.2) is 0 Å². The third kappa shape index (κ3) is 16.8. The van der Waals surface area contributed by atoms with Crippen molar-refractivity contribution >= 4 is 0 Å². The summed E-state index contributed by atoms with van der Waals surface area (Å²) in [5.41, 5.74) is 0. The Kier molecular flexibility index (Phi) is 19.3. The van der Waals surface area contributed by atoms with Crippen LogP contribution in [-0.2, 0) is 0 Å². The molecule has 0 heteroatoms. The van der Waals surface area contributed by atoms with Gasteiger partial charge in [-0.15, -0.1) is 0 Å². The van der Waals surface area contributed by atoms with Crippen molar-refractivity contribution in [2.24, 2.45) is 11.8 Å². The van der Waals surface area contributed by atoms with Gasteiger partial charge in [-0.25, -0.2) is 0 Å². The third-order valence-electron chi connectivity index (χ3n) is 5.83. The first kappa shape index (κ1) is 24.0. The molecule has 0 aliphatic heterocycles. The van der Waals surface area contributed by atoms with Crippen LogP contribution in [0.3, 0.4) is 0 Å². The van der Waals surface area contributed by atoms with Gasteiger partial charge in [0.05, 0.1) is 0 Å². The van der Waals surface area contributed by atoms with Crippen LogP contribution in [0.2, 0.25) is 0 Å². The molecule has 0 nitrogen and oxygen atoms in total. The molecule has 0 aliphatic rings. The number of unbranched alkanes of at least 4 members (excludes halogenated alkanes) is 12. The molecule has 0 heterocycles. The highest BCUT2D eigenvalue weighted by Crippen LogP contribution is 2.25. The lowest BCUT2D eigenvalue weighted by molar-refractivity contribution is 0.329. The van der Waals surface area contributed by atoms with Crippen molar-refractivity contribution in [2.45, 2.75) is 143 Å². The van der Waals surface area contributed by atoms with Gasteiger partial charge in [-0.1, -0.05) is 137 Å². The molecule has 0 rings (SSSR count). The summed E-state index contributed by atoms with van der Waals surface area (Å²) in [6.07, 6.45) is 26.2. The van der Waals surface area contributed by atoms with Crippen LogP contribution in [0.25, 0.3) is 0 Å². The van der Waals surface area contributed by atoms with Crippen molar-refractivity contribution in [3.63, 3.8) is 0 Å². The van der Waals surface area contributed by atoms with Crippen molar-refractivity contribution in [3.05, 3.63) is 0 Å². The molecule has 0 spiro atoms. The minimum atomic E-state index is 0.954. The summed E-state index contributed by atoms with van der Waals surface area (Å²) < 4.78 is 0. The molecular weight excluding hydrogens is 288 g/mol. The van der Waals surface area contributed by atoms with E-state index < -0.39 is 0 Å². The molecule has 0 aliphatic carbocycles. The summed E-state index contributed by atoms with van der Waals surface area (Å²) in [7, 11) is 0. The van der Waals surface area contributed by atoms with Crippen LogP contribution >= 0.6 is 0 Å². The topological polar surface area (TPSA) is 0 Å². The monoisotopic (exact) mass is 338 g/mol. The summed E-state index contributed by atoms with van der Waals surface area (Å²) in [5.74, 6) is 1.95. The van der Waals surface area contributed by atoms with Crippen molar-refractivity contribution in [2.75, 3.05) is 0 Å². The second-order valence-electron chi connectivity index (χ2n) is 8.44. The molecular formula is C24H50. The predicted molar refractivity (Wildman–Crippen MR) is 113 cm³/mol. The van der Waals surface area contributed by atoms with Gasteiger partial charge in [0.1, 0.15) is 0 Å². The maximum absolute atomic E-state index is 2.50. The van der Waals surface area contributed by atoms with Crippen LogP contribution in [-0.4, -0.2) is 0 Å². The molecule has 2 unspecified atom stereocenters. The summed E-state index contributed by atoms with van der Waals surface area (Å²) in [6.45, 7) is 9.52. The van der Waals surface area contributed by atoms with E-state index >= 15 is 0 Å². The van der Waals surface area contributed by atoms with E-state index in [1.807, 2.05) is 0 Å². The maximum atomic E-state index is 2.50. The Bertz CT molecular complexity index is 220. The predicted octanol–water partition coefficient (Wildman–Crippen LogP) is 9.32. The fourth-order valence-corrected chi connectivity index (χ4v) is 4.02. The molecule has 0 N–H and O–H groups in total. The summed E-state index contributed by atoms with van der Waals surface area (Å²) in [6, 6.07) is 0. The molecule has 0 aromatic carbocycles. The molecule has 146 valence electrons. The fourth-order valence-electron chi connectivity index (χ4n) is 4.02. The molecule has 24 heavy (non-hydrogen) atoms. The lowest BCUT2D eigenvalue weighted by Gasteiger charge is -2.19.